The first-order chi connectivity index (χ1) is 6.34. The zero-order valence-electron chi connectivity index (χ0n) is 6.65. The van der Waals surface area contributed by atoms with Crippen LogP contribution in [0.2, 0.25) is 0 Å². The second-order valence-electron chi connectivity index (χ2n) is 2.58. The number of benzene rings is 1. The van der Waals surface area contributed by atoms with E-state index in [1.807, 2.05) is 15.9 Å². The molecule has 0 aliphatic rings. The smallest absolute Gasteiger partial charge is 0.330 e. The van der Waals surface area contributed by atoms with E-state index < -0.39 is 28.1 Å². The minimum atomic E-state index is -3.77. The van der Waals surface area contributed by atoms with Crippen molar-refractivity contribution in [2.45, 2.75) is 10.9 Å². The van der Waals surface area contributed by atoms with Gasteiger partial charge >= 0.3 is 4.83 Å². The Morgan fingerprint density at radius 1 is 1.21 bits per heavy atom. The van der Waals surface area contributed by atoms with Crippen LogP contribution < -0.4 is 0 Å². The maximum absolute atomic E-state index is 12.9. The van der Waals surface area contributed by atoms with Crippen molar-refractivity contribution in [2.75, 3.05) is 0 Å². The van der Waals surface area contributed by atoms with Crippen molar-refractivity contribution in [3.63, 3.8) is 0 Å². The van der Waals surface area contributed by atoms with E-state index in [9.17, 15) is 17.6 Å². The van der Waals surface area contributed by atoms with Crippen molar-refractivity contribution in [3.05, 3.63) is 35.4 Å². The highest BCUT2D eigenvalue weighted by molar-refractivity contribution is 9.10. The van der Waals surface area contributed by atoms with Gasteiger partial charge in [0.15, 0.2) is 6.10 Å². The van der Waals surface area contributed by atoms with Gasteiger partial charge in [-0.1, -0.05) is 6.07 Å². The molecule has 0 heterocycles. The molecule has 1 aromatic rings. The minimum absolute atomic E-state index is 0.792. The average Bonchev–Trinajstić information content (AvgIpc) is 2.01. The van der Waals surface area contributed by atoms with E-state index in [1.54, 1.807) is 0 Å². The normalized spacial score (nSPS) is 14.1. The molecule has 1 N–H and O–H groups in total. The highest BCUT2D eigenvalue weighted by atomic mass is 79.9. The van der Waals surface area contributed by atoms with Crippen LogP contribution in [0.1, 0.15) is 11.7 Å². The standard InChI is InChI=1S/C8H5BrF4O/c9-8(12,13)7(14)6-4(10)2-1-3-5(6)11/h1-3,7,14H. The summed E-state index contributed by atoms with van der Waals surface area (Å²) in [4.78, 5) is -3.77. The first-order valence-corrected chi connectivity index (χ1v) is 4.32. The molecule has 0 amide bonds. The van der Waals surface area contributed by atoms with Crippen molar-refractivity contribution >= 4 is 15.9 Å². The lowest BCUT2D eigenvalue weighted by molar-refractivity contribution is -0.0330. The molecule has 0 saturated carbocycles. The number of halogens is 5. The predicted molar refractivity (Wildman–Crippen MR) is 45.2 cm³/mol. The van der Waals surface area contributed by atoms with Crippen molar-refractivity contribution in [1.82, 2.24) is 0 Å². The summed E-state index contributed by atoms with van der Waals surface area (Å²) < 4.78 is 50.7. The van der Waals surface area contributed by atoms with Gasteiger partial charge in [-0.2, -0.15) is 8.78 Å². The lowest BCUT2D eigenvalue weighted by Crippen LogP contribution is -2.20. The van der Waals surface area contributed by atoms with E-state index in [1.165, 1.54) is 0 Å². The van der Waals surface area contributed by atoms with E-state index in [0.717, 1.165) is 18.2 Å². The van der Waals surface area contributed by atoms with Gasteiger partial charge in [-0.3, -0.25) is 0 Å². The molecule has 0 aromatic heterocycles. The molecule has 0 spiro atoms. The molecule has 1 aromatic carbocycles. The van der Waals surface area contributed by atoms with Crippen LogP contribution in [0.15, 0.2) is 18.2 Å². The van der Waals surface area contributed by atoms with E-state index in [2.05, 4.69) is 0 Å². The molecule has 0 radical (unpaired) electrons. The topological polar surface area (TPSA) is 20.2 Å². The first kappa shape index (κ1) is 11.5. The monoisotopic (exact) mass is 272 g/mol. The summed E-state index contributed by atoms with van der Waals surface area (Å²) in [5.41, 5.74) is -1.05. The molecular weight excluding hydrogens is 268 g/mol. The Hall–Kier alpha value is -0.620. The van der Waals surface area contributed by atoms with Gasteiger partial charge in [-0.15, -0.1) is 0 Å². The van der Waals surface area contributed by atoms with E-state index >= 15 is 0 Å². The molecule has 1 atom stereocenters. The molecule has 0 saturated heterocycles. The average molecular weight is 273 g/mol. The summed E-state index contributed by atoms with van der Waals surface area (Å²) in [6, 6.07) is 2.61. The van der Waals surface area contributed by atoms with Gasteiger partial charge in [0, 0.05) is 0 Å². The van der Waals surface area contributed by atoms with Gasteiger partial charge in [-0.25, -0.2) is 8.78 Å². The second kappa shape index (κ2) is 3.86. The molecule has 14 heavy (non-hydrogen) atoms. The van der Waals surface area contributed by atoms with Crippen LogP contribution in [0.5, 0.6) is 0 Å². The lowest BCUT2D eigenvalue weighted by atomic mass is 10.1. The van der Waals surface area contributed by atoms with Crippen LogP contribution in [-0.2, 0) is 0 Å². The number of hydrogen-bond acceptors (Lipinski definition) is 1. The van der Waals surface area contributed by atoms with Crippen molar-refractivity contribution in [3.8, 4) is 0 Å². The highest BCUT2D eigenvalue weighted by Gasteiger charge is 2.39. The number of hydrogen-bond donors (Lipinski definition) is 1. The molecule has 0 fully saturated rings. The summed E-state index contributed by atoms with van der Waals surface area (Å²) in [6.07, 6.45) is -2.55. The second-order valence-corrected chi connectivity index (χ2v) is 3.64. The van der Waals surface area contributed by atoms with Gasteiger partial charge in [0.05, 0.1) is 5.56 Å². The molecule has 1 unspecified atom stereocenters. The Kier molecular flexibility index (Phi) is 3.16. The van der Waals surface area contributed by atoms with E-state index in [4.69, 9.17) is 5.11 Å². The third-order valence-electron chi connectivity index (χ3n) is 1.58. The summed E-state index contributed by atoms with van der Waals surface area (Å²) in [5, 5.41) is 8.94. The number of aliphatic hydroxyl groups is 1. The van der Waals surface area contributed by atoms with Crippen LogP contribution in [0.3, 0.4) is 0 Å². The maximum Gasteiger partial charge on any atom is 0.330 e. The third-order valence-corrected chi connectivity index (χ3v) is 2.02. The summed E-state index contributed by atoms with van der Waals surface area (Å²) >= 11 is 1.83. The van der Waals surface area contributed by atoms with Crippen LogP contribution in [0, 0.1) is 11.6 Å². The van der Waals surface area contributed by atoms with Crippen molar-refractivity contribution in [2.24, 2.45) is 0 Å². The lowest BCUT2D eigenvalue weighted by Gasteiger charge is -2.17. The molecule has 0 aliphatic heterocycles. The zero-order valence-corrected chi connectivity index (χ0v) is 8.23. The van der Waals surface area contributed by atoms with Crippen molar-refractivity contribution < 1.29 is 22.7 Å². The van der Waals surface area contributed by atoms with Crippen LogP contribution >= 0.6 is 15.9 Å². The van der Waals surface area contributed by atoms with Gasteiger partial charge in [0.25, 0.3) is 0 Å². The molecule has 1 nitrogen and oxygen atoms in total. The van der Waals surface area contributed by atoms with E-state index in [0.29, 0.717) is 0 Å². The fraction of sp³-hybridized carbons (Fsp3) is 0.250. The number of rotatable bonds is 2. The summed E-state index contributed by atoms with van der Waals surface area (Å²) in [5.74, 6) is -2.42. The Morgan fingerprint density at radius 2 is 1.64 bits per heavy atom. The van der Waals surface area contributed by atoms with Gasteiger partial charge in [0.2, 0.25) is 0 Å². The molecule has 78 valence electrons. The van der Waals surface area contributed by atoms with Crippen LogP contribution in [0.4, 0.5) is 17.6 Å². The first-order valence-electron chi connectivity index (χ1n) is 3.52. The molecular formula is C8H5BrF4O. The number of aliphatic hydroxyl groups excluding tert-OH is 1. The third kappa shape index (κ3) is 2.24. The van der Waals surface area contributed by atoms with Gasteiger partial charge < -0.3 is 5.11 Å². The minimum Gasteiger partial charge on any atom is -0.381 e. The molecule has 1 rings (SSSR count). The maximum atomic E-state index is 12.9. The molecule has 0 aliphatic carbocycles. The SMILES string of the molecule is OC(c1c(F)cccc1F)C(F)(F)Br. The zero-order chi connectivity index (χ0) is 10.9. The number of alkyl halides is 3. The van der Waals surface area contributed by atoms with Gasteiger partial charge in [-0.05, 0) is 28.1 Å². The Morgan fingerprint density at radius 3 is 2.00 bits per heavy atom. The van der Waals surface area contributed by atoms with Gasteiger partial charge in [0.1, 0.15) is 11.6 Å². The fourth-order valence-corrected chi connectivity index (χ4v) is 1.16. The fourth-order valence-electron chi connectivity index (χ4n) is 0.936. The summed E-state index contributed by atoms with van der Waals surface area (Å²) in [6.45, 7) is 0. The van der Waals surface area contributed by atoms with Crippen LogP contribution in [-0.4, -0.2) is 9.94 Å². The predicted octanol–water partition coefficient (Wildman–Crippen LogP) is 2.99. The van der Waals surface area contributed by atoms with Crippen molar-refractivity contribution in [1.29, 1.82) is 0 Å². The molecule has 0 bridgehead atoms. The Balaban J connectivity index is 3.19. The Labute approximate surface area is 85.5 Å². The van der Waals surface area contributed by atoms with Crippen LogP contribution in [0.25, 0.3) is 0 Å². The highest BCUT2D eigenvalue weighted by Crippen LogP contribution is 2.38. The largest absolute Gasteiger partial charge is 0.381 e. The van der Waals surface area contributed by atoms with E-state index in [-0.39, 0.29) is 0 Å². The molecule has 6 heteroatoms. The summed E-state index contributed by atoms with van der Waals surface area (Å²) in [7, 11) is 0. The Bertz CT molecular complexity index is 316. The quantitative estimate of drug-likeness (QED) is 0.648.